The fourth-order valence-corrected chi connectivity index (χ4v) is 2.74. The second-order valence-corrected chi connectivity index (χ2v) is 6.43. The molecule has 1 aromatic heterocycles. The van der Waals surface area contributed by atoms with Gasteiger partial charge in [-0.1, -0.05) is 39.0 Å². The van der Waals surface area contributed by atoms with E-state index in [0.717, 1.165) is 10.7 Å². The molecule has 0 saturated heterocycles. The Bertz CT molecular complexity index is 532. The van der Waals surface area contributed by atoms with E-state index in [-0.39, 0.29) is 5.41 Å². The molecule has 0 amide bonds. The summed E-state index contributed by atoms with van der Waals surface area (Å²) in [6.45, 7) is 10.9. The Balaban J connectivity index is 2.45. The monoisotopic (exact) mass is 245 g/mol. The third-order valence-electron chi connectivity index (χ3n) is 2.94. The van der Waals surface area contributed by atoms with Gasteiger partial charge in [0.05, 0.1) is 0 Å². The molecule has 2 aromatic rings. The van der Waals surface area contributed by atoms with E-state index in [0.29, 0.717) is 0 Å². The molecular formula is C15H19NS. The first-order chi connectivity index (χ1) is 7.88. The zero-order valence-corrected chi connectivity index (χ0v) is 12.0. The lowest BCUT2D eigenvalue weighted by Gasteiger charge is -2.20. The highest BCUT2D eigenvalue weighted by Gasteiger charge is 2.15. The number of aryl methyl sites for hydroxylation is 2. The smallest absolute Gasteiger partial charge is 0.123 e. The first kappa shape index (κ1) is 12.3. The second kappa shape index (κ2) is 4.26. The number of hydrogen-bond acceptors (Lipinski definition) is 2. The Morgan fingerprint density at radius 1 is 1.12 bits per heavy atom. The molecule has 2 rings (SSSR count). The molecule has 1 aromatic carbocycles. The predicted molar refractivity (Wildman–Crippen MR) is 75.7 cm³/mol. The fourth-order valence-electron chi connectivity index (χ4n) is 1.85. The zero-order chi connectivity index (χ0) is 12.6. The molecule has 0 radical (unpaired) electrons. The van der Waals surface area contributed by atoms with Gasteiger partial charge in [-0.3, -0.25) is 0 Å². The van der Waals surface area contributed by atoms with Crippen molar-refractivity contribution in [3.05, 3.63) is 40.4 Å². The summed E-state index contributed by atoms with van der Waals surface area (Å²) in [6.07, 6.45) is 0. The van der Waals surface area contributed by atoms with Gasteiger partial charge in [0, 0.05) is 16.6 Å². The number of hydrogen-bond donors (Lipinski definition) is 0. The van der Waals surface area contributed by atoms with Crippen LogP contribution in [0.5, 0.6) is 0 Å². The summed E-state index contributed by atoms with van der Waals surface area (Å²) >= 11 is 1.72. The normalized spacial score (nSPS) is 11.8. The van der Waals surface area contributed by atoms with Crippen molar-refractivity contribution in [2.24, 2.45) is 0 Å². The van der Waals surface area contributed by atoms with Crippen molar-refractivity contribution in [3.8, 4) is 10.6 Å². The van der Waals surface area contributed by atoms with E-state index in [4.69, 9.17) is 0 Å². The van der Waals surface area contributed by atoms with Crippen LogP contribution in [0, 0.1) is 13.8 Å². The Morgan fingerprint density at radius 3 is 2.29 bits per heavy atom. The van der Waals surface area contributed by atoms with Crippen molar-refractivity contribution < 1.29 is 0 Å². The topological polar surface area (TPSA) is 12.9 Å². The van der Waals surface area contributed by atoms with Gasteiger partial charge in [0.2, 0.25) is 0 Å². The first-order valence-electron chi connectivity index (χ1n) is 5.91. The largest absolute Gasteiger partial charge is 0.241 e. The number of thiazole rings is 1. The van der Waals surface area contributed by atoms with Gasteiger partial charge in [0.25, 0.3) is 0 Å². The van der Waals surface area contributed by atoms with Gasteiger partial charge in [-0.25, -0.2) is 4.98 Å². The molecule has 0 N–H and O–H groups in total. The molecule has 0 aliphatic rings. The second-order valence-electron chi connectivity index (χ2n) is 5.57. The van der Waals surface area contributed by atoms with Gasteiger partial charge in [-0.05, 0) is 30.4 Å². The van der Waals surface area contributed by atoms with Crippen LogP contribution in [0.4, 0.5) is 0 Å². The molecule has 0 aliphatic heterocycles. The standard InChI is InChI=1S/C15H19NS/c1-10-8-12(15(3,4)5)6-7-13(10)14-16-11(2)9-17-14/h6-9H,1-5H3. The van der Waals surface area contributed by atoms with Crippen LogP contribution in [0.25, 0.3) is 10.6 Å². The number of nitrogens with zero attached hydrogens (tertiary/aromatic N) is 1. The lowest BCUT2D eigenvalue weighted by Crippen LogP contribution is -2.11. The molecule has 1 nitrogen and oxygen atoms in total. The van der Waals surface area contributed by atoms with E-state index >= 15 is 0 Å². The third kappa shape index (κ3) is 2.58. The number of rotatable bonds is 1. The Morgan fingerprint density at radius 2 is 1.82 bits per heavy atom. The lowest BCUT2D eigenvalue weighted by atomic mass is 9.85. The van der Waals surface area contributed by atoms with E-state index in [2.05, 4.69) is 56.3 Å². The summed E-state index contributed by atoms with van der Waals surface area (Å²) in [4.78, 5) is 4.55. The quantitative estimate of drug-likeness (QED) is 0.708. The van der Waals surface area contributed by atoms with Crippen LogP contribution in [-0.2, 0) is 5.41 Å². The van der Waals surface area contributed by atoms with E-state index < -0.39 is 0 Å². The van der Waals surface area contributed by atoms with Crippen LogP contribution in [-0.4, -0.2) is 4.98 Å². The van der Waals surface area contributed by atoms with Crippen LogP contribution < -0.4 is 0 Å². The van der Waals surface area contributed by atoms with Crippen LogP contribution in [0.15, 0.2) is 23.6 Å². The predicted octanol–water partition coefficient (Wildman–Crippen LogP) is 4.72. The molecule has 1 heterocycles. The van der Waals surface area contributed by atoms with Crippen molar-refractivity contribution in [1.29, 1.82) is 0 Å². The molecule has 0 unspecified atom stereocenters. The van der Waals surface area contributed by atoms with Crippen molar-refractivity contribution in [2.45, 2.75) is 40.0 Å². The molecule has 0 fully saturated rings. The van der Waals surface area contributed by atoms with Crippen molar-refractivity contribution in [3.63, 3.8) is 0 Å². The van der Waals surface area contributed by atoms with Gasteiger partial charge < -0.3 is 0 Å². The maximum Gasteiger partial charge on any atom is 0.123 e. The Labute approximate surface area is 108 Å². The SMILES string of the molecule is Cc1csc(-c2ccc(C(C)(C)C)cc2C)n1. The molecule has 0 saturated carbocycles. The van der Waals surface area contributed by atoms with Crippen LogP contribution >= 0.6 is 11.3 Å². The Hall–Kier alpha value is -1.15. The highest BCUT2D eigenvalue weighted by molar-refractivity contribution is 7.13. The van der Waals surface area contributed by atoms with Gasteiger partial charge in [0.1, 0.15) is 5.01 Å². The lowest BCUT2D eigenvalue weighted by molar-refractivity contribution is 0.590. The maximum absolute atomic E-state index is 4.55. The molecule has 17 heavy (non-hydrogen) atoms. The van der Waals surface area contributed by atoms with Crippen molar-refractivity contribution >= 4 is 11.3 Å². The first-order valence-corrected chi connectivity index (χ1v) is 6.79. The molecule has 0 aliphatic carbocycles. The molecule has 0 spiro atoms. The highest BCUT2D eigenvalue weighted by Crippen LogP contribution is 2.30. The van der Waals surface area contributed by atoms with Gasteiger partial charge in [0.15, 0.2) is 0 Å². The summed E-state index contributed by atoms with van der Waals surface area (Å²) < 4.78 is 0. The summed E-state index contributed by atoms with van der Waals surface area (Å²) in [5.41, 5.74) is 5.27. The Kier molecular flexibility index (Phi) is 3.09. The van der Waals surface area contributed by atoms with Crippen molar-refractivity contribution in [1.82, 2.24) is 4.98 Å². The number of benzene rings is 1. The van der Waals surface area contributed by atoms with Gasteiger partial charge in [-0.15, -0.1) is 11.3 Å². The minimum atomic E-state index is 0.210. The molecule has 0 atom stereocenters. The van der Waals surface area contributed by atoms with Crippen molar-refractivity contribution in [2.75, 3.05) is 0 Å². The minimum Gasteiger partial charge on any atom is -0.241 e. The van der Waals surface area contributed by atoms with E-state index in [1.807, 2.05) is 6.92 Å². The molecular weight excluding hydrogens is 226 g/mol. The molecule has 2 heteroatoms. The summed E-state index contributed by atoms with van der Waals surface area (Å²) in [7, 11) is 0. The maximum atomic E-state index is 4.55. The molecule has 0 bridgehead atoms. The fraction of sp³-hybridized carbons (Fsp3) is 0.400. The van der Waals surface area contributed by atoms with Crippen LogP contribution in [0.2, 0.25) is 0 Å². The van der Waals surface area contributed by atoms with Gasteiger partial charge >= 0.3 is 0 Å². The van der Waals surface area contributed by atoms with Crippen LogP contribution in [0.1, 0.15) is 37.6 Å². The molecule has 90 valence electrons. The number of aromatic nitrogens is 1. The average molecular weight is 245 g/mol. The summed E-state index contributed by atoms with van der Waals surface area (Å²) in [5, 5.41) is 3.23. The van der Waals surface area contributed by atoms with Crippen LogP contribution in [0.3, 0.4) is 0 Å². The zero-order valence-electron chi connectivity index (χ0n) is 11.2. The summed E-state index contributed by atoms with van der Waals surface area (Å²) in [6, 6.07) is 6.71. The average Bonchev–Trinajstić information content (AvgIpc) is 2.63. The van der Waals surface area contributed by atoms with E-state index in [1.165, 1.54) is 16.7 Å². The minimum absolute atomic E-state index is 0.210. The van der Waals surface area contributed by atoms with E-state index in [9.17, 15) is 0 Å². The van der Waals surface area contributed by atoms with Gasteiger partial charge in [-0.2, -0.15) is 0 Å². The third-order valence-corrected chi connectivity index (χ3v) is 3.94. The summed E-state index contributed by atoms with van der Waals surface area (Å²) in [5.74, 6) is 0. The van der Waals surface area contributed by atoms with E-state index in [1.54, 1.807) is 11.3 Å². The highest BCUT2D eigenvalue weighted by atomic mass is 32.1.